The molecule has 1 aliphatic rings. The number of hydrogen-bond acceptors (Lipinski definition) is 5. The molecule has 1 aromatic carbocycles. The molecular weight excluding hydrogens is 398 g/mol. The standard InChI is InChI=1S/C24H37N5O.C2H6/c1-21(18-22-8-5-4-6-9-22)19-29-15-10-23(11-16-29)27-24(20-30)26-13-17-28(3)14-7-12-25-2;1-2/h4-6,8-9,13,17-18,20,23,25H,7,10-12,14-16,19H2,1-3H3,(H,26,27);1-2H3/b17-13-,21-18+;. The van der Waals surface area contributed by atoms with E-state index >= 15 is 0 Å². The quantitative estimate of drug-likeness (QED) is 0.237. The molecule has 0 amide bonds. The summed E-state index contributed by atoms with van der Waals surface area (Å²) in [6.07, 6.45) is 9.82. The van der Waals surface area contributed by atoms with Gasteiger partial charge in [0.25, 0.3) is 0 Å². The highest BCUT2D eigenvalue weighted by atomic mass is 16.1. The molecule has 178 valence electrons. The molecule has 1 aromatic rings. The number of benzene rings is 1. The molecule has 0 aromatic heterocycles. The van der Waals surface area contributed by atoms with Crippen LogP contribution in [0, 0.1) is 0 Å². The first-order chi connectivity index (χ1) is 15.6. The Morgan fingerprint density at radius 1 is 1.22 bits per heavy atom. The van der Waals surface area contributed by atoms with Crippen molar-refractivity contribution in [2.75, 3.05) is 46.8 Å². The summed E-state index contributed by atoms with van der Waals surface area (Å²) in [5.41, 5.74) is 2.61. The maximum atomic E-state index is 11.4. The maximum Gasteiger partial charge on any atom is 0.184 e. The van der Waals surface area contributed by atoms with Crippen LogP contribution in [0.3, 0.4) is 0 Å². The van der Waals surface area contributed by atoms with Gasteiger partial charge < -0.3 is 15.5 Å². The van der Waals surface area contributed by atoms with E-state index in [1.807, 2.05) is 40.2 Å². The van der Waals surface area contributed by atoms with Gasteiger partial charge >= 0.3 is 0 Å². The zero-order valence-electron chi connectivity index (χ0n) is 20.7. The third-order valence-electron chi connectivity index (χ3n) is 5.17. The molecule has 1 saturated heterocycles. The third-order valence-corrected chi connectivity index (χ3v) is 5.17. The van der Waals surface area contributed by atoms with E-state index in [9.17, 15) is 4.79 Å². The van der Waals surface area contributed by atoms with E-state index in [0.717, 1.165) is 58.3 Å². The molecule has 6 nitrogen and oxygen atoms in total. The van der Waals surface area contributed by atoms with Gasteiger partial charge in [-0.05, 0) is 45.3 Å². The molecule has 0 aliphatic carbocycles. The van der Waals surface area contributed by atoms with Crippen LogP contribution in [0.5, 0.6) is 0 Å². The topological polar surface area (TPSA) is 60.0 Å². The van der Waals surface area contributed by atoms with E-state index in [4.69, 9.17) is 0 Å². The molecule has 2 rings (SSSR count). The molecule has 32 heavy (non-hydrogen) atoms. The molecule has 0 atom stereocenters. The van der Waals surface area contributed by atoms with Gasteiger partial charge in [-0.3, -0.25) is 14.7 Å². The van der Waals surface area contributed by atoms with Crippen LogP contribution >= 0.6 is 0 Å². The summed E-state index contributed by atoms with van der Waals surface area (Å²) < 4.78 is 0. The van der Waals surface area contributed by atoms with Gasteiger partial charge in [0, 0.05) is 45.6 Å². The van der Waals surface area contributed by atoms with Gasteiger partial charge in [-0.25, -0.2) is 0 Å². The molecule has 0 spiro atoms. The minimum Gasteiger partial charge on any atom is -0.379 e. The Bertz CT molecular complexity index is 706. The van der Waals surface area contributed by atoms with Gasteiger partial charge in [-0.15, -0.1) is 0 Å². The summed E-state index contributed by atoms with van der Waals surface area (Å²) in [6.45, 7) is 11.1. The normalized spacial score (nSPS) is 15.9. The van der Waals surface area contributed by atoms with E-state index in [-0.39, 0.29) is 6.04 Å². The fourth-order valence-electron chi connectivity index (χ4n) is 3.57. The van der Waals surface area contributed by atoms with E-state index in [0.29, 0.717) is 5.84 Å². The zero-order valence-corrected chi connectivity index (χ0v) is 20.7. The number of aldehydes is 1. The summed E-state index contributed by atoms with van der Waals surface area (Å²) in [6, 6.07) is 10.6. The smallest absolute Gasteiger partial charge is 0.184 e. The number of hydrogen-bond donors (Lipinski definition) is 2. The van der Waals surface area contributed by atoms with Crippen LogP contribution in [0.25, 0.3) is 6.08 Å². The summed E-state index contributed by atoms with van der Waals surface area (Å²) >= 11 is 0. The number of nitrogens with zero attached hydrogens (tertiary/aromatic N) is 3. The van der Waals surface area contributed by atoms with Crippen molar-refractivity contribution < 1.29 is 4.79 Å². The molecule has 1 aliphatic heterocycles. The largest absolute Gasteiger partial charge is 0.379 e. The van der Waals surface area contributed by atoms with Crippen molar-refractivity contribution in [1.82, 2.24) is 20.4 Å². The van der Waals surface area contributed by atoms with Gasteiger partial charge in [0.15, 0.2) is 12.1 Å². The second-order valence-corrected chi connectivity index (χ2v) is 7.94. The average molecular weight is 442 g/mol. The van der Waals surface area contributed by atoms with Gasteiger partial charge in [-0.2, -0.15) is 0 Å². The third kappa shape index (κ3) is 11.8. The van der Waals surface area contributed by atoms with Crippen molar-refractivity contribution in [3.63, 3.8) is 0 Å². The first-order valence-corrected chi connectivity index (χ1v) is 11.9. The van der Waals surface area contributed by atoms with Gasteiger partial charge in [0.1, 0.15) is 0 Å². The number of nitrogens with one attached hydrogen (secondary N) is 2. The van der Waals surface area contributed by atoms with Gasteiger partial charge in [0.2, 0.25) is 0 Å². The van der Waals surface area contributed by atoms with Crippen molar-refractivity contribution in [3.05, 3.63) is 53.9 Å². The number of rotatable bonds is 11. The highest BCUT2D eigenvalue weighted by Gasteiger charge is 2.19. The van der Waals surface area contributed by atoms with Crippen molar-refractivity contribution in [3.8, 4) is 0 Å². The predicted octanol–water partition coefficient (Wildman–Crippen LogP) is 3.78. The SMILES string of the molecule is CC.CNCCCN(C)/C=C\NC(C=O)=NC1CCN(C/C(C)=C/c2ccccc2)CC1. The zero-order chi connectivity index (χ0) is 23.6. The van der Waals surface area contributed by atoms with Crippen LogP contribution in [0.1, 0.15) is 45.6 Å². The Hall–Kier alpha value is -2.44. The second kappa shape index (κ2) is 17.2. The van der Waals surface area contributed by atoms with E-state index in [2.05, 4.69) is 62.7 Å². The lowest BCUT2D eigenvalue weighted by atomic mass is 10.0. The minimum absolute atomic E-state index is 0.203. The lowest BCUT2D eigenvalue weighted by Crippen LogP contribution is -2.37. The fourth-order valence-corrected chi connectivity index (χ4v) is 3.57. The fraction of sp³-hybridized carbons (Fsp3) is 0.538. The van der Waals surface area contributed by atoms with Crippen LogP contribution in [0.2, 0.25) is 0 Å². The van der Waals surface area contributed by atoms with Gasteiger partial charge in [-0.1, -0.05) is 55.8 Å². The van der Waals surface area contributed by atoms with Gasteiger partial charge in [0.05, 0.1) is 6.04 Å². The molecule has 2 N–H and O–H groups in total. The average Bonchev–Trinajstić information content (AvgIpc) is 2.81. The number of piperidine rings is 1. The maximum absolute atomic E-state index is 11.4. The predicted molar refractivity (Wildman–Crippen MR) is 138 cm³/mol. The number of likely N-dealkylation sites (tertiary alicyclic amines) is 1. The Morgan fingerprint density at radius 2 is 1.91 bits per heavy atom. The Balaban J connectivity index is 0.00000249. The van der Waals surface area contributed by atoms with Crippen molar-refractivity contribution in [2.45, 2.75) is 46.1 Å². The van der Waals surface area contributed by atoms with Crippen molar-refractivity contribution >= 4 is 18.2 Å². The lowest BCUT2D eigenvalue weighted by Gasteiger charge is -2.30. The summed E-state index contributed by atoms with van der Waals surface area (Å²) in [7, 11) is 3.98. The lowest BCUT2D eigenvalue weighted by molar-refractivity contribution is -0.102. The minimum atomic E-state index is 0.203. The number of amidine groups is 1. The first-order valence-electron chi connectivity index (χ1n) is 11.9. The molecule has 0 bridgehead atoms. The van der Waals surface area contributed by atoms with Crippen LogP contribution in [0.15, 0.2) is 53.3 Å². The Morgan fingerprint density at radius 3 is 2.53 bits per heavy atom. The van der Waals surface area contributed by atoms with Crippen LogP contribution < -0.4 is 10.6 Å². The summed E-state index contributed by atoms with van der Waals surface area (Å²) in [4.78, 5) is 20.6. The van der Waals surface area contributed by atoms with Crippen LogP contribution in [0.4, 0.5) is 0 Å². The van der Waals surface area contributed by atoms with E-state index in [1.165, 1.54) is 11.1 Å². The van der Waals surface area contributed by atoms with Crippen molar-refractivity contribution in [1.29, 1.82) is 0 Å². The molecule has 6 heteroatoms. The first kappa shape index (κ1) is 27.6. The molecule has 0 radical (unpaired) electrons. The number of carbonyl (C=O) groups is 1. The summed E-state index contributed by atoms with van der Waals surface area (Å²) in [5.74, 6) is 0.411. The highest BCUT2D eigenvalue weighted by molar-refractivity contribution is 6.27. The molecule has 1 heterocycles. The molecule has 0 saturated carbocycles. The Kier molecular flexibility index (Phi) is 14.8. The number of carbonyl (C=O) groups excluding carboxylic acids is 1. The highest BCUT2D eigenvalue weighted by Crippen LogP contribution is 2.16. The van der Waals surface area contributed by atoms with E-state index < -0.39 is 0 Å². The van der Waals surface area contributed by atoms with Crippen LogP contribution in [-0.4, -0.2) is 74.8 Å². The van der Waals surface area contributed by atoms with Crippen LogP contribution in [-0.2, 0) is 4.79 Å². The summed E-state index contributed by atoms with van der Waals surface area (Å²) in [5, 5.41) is 6.17. The second-order valence-electron chi connectivity index (χ2n) is 7.94. The number of aliphatic imine (C=N–C) groups is 1. The van der Waals surface area contributed by atoms with Crippen molar-refractivity contribution in [2.24, 2.45) is 4.99 Å². The monoisotopic (exact) mass is 441 g/mol. The Labute approximate surface area is 195 Å². The molecular formula is C26H43N5O. The molecule has 0 unspecified atom stereocenters. The van der Waals surface area contributed by atoms with E-state index in [1.54, 1.807) is 6.20 Å². The molecule has 1 fully saturated rings.